The van der Waals surface area contributed by atoms with Crippen molar-refractivity contribution in [3.8, 4) is 0 Å². The van der Waals surface area contributed by atoms with E-state index in [4.69, 9.17) is 5.11 Å². The molecule has 0 radical (unpaired) electrons. The van der Waals surface area contributed by atoms with Gasteiger partial charge in [0.15, 0.2) is 0 Å². The predicted molar refractivity (Wildman–Crippen MR) is 47.7 cm³/mol. The van der Waals surface area contributed by atoms with Gasteiger partial charge in [-0.05, 0) is 40.5 Å². The van der Waals surface area contributed by atoms with Crippen LogP contribution >= 0.6 is 0 Å². The molecule has 0 fully saturated rings. The molecule has 0 amide bonds. The van der Waals surface area contributed by atoms with Crippen LogP contribution in [0.1, 0.15) is 13.3 Å². The Balaban J connectivity index is 3.15. The smallest absolute Gasteiger partial charge is 0.0638 e. The van der Waals surface area contributed by atoms with Gasteiger partial charge >= 0.3 is 0 Å². The average Bonchev–Trinajstić information content (AvgIpc) is 1.86. The van der Waals surface area contributed by atoms with Gasteiger partial charge in [0.1, 0.15) is 0 Å². The number of likely N-dealkylation sites (N-methyl/N-ethyl adjacent to an activating group) is 1. The molecule has 0 aromatic rings. The van der Waals surface area contributed by atoms with Crippen LogP contribution in [0.5, 0.6) is 0 Å². The second-order valence-corrected chi connectivity index (χ2v) is 3.07. The van der Waals surface area contributed by atoms with Crippen molar-refractivity contribution in [3.63, 3.8) is 0 Å². The number of hydrogen-bond acceptors (Lipinski definition) is 3. The first-order valence-corrected chi connectivity index (χ1v) is 4.18. The standard InChI is InChI=1S/C8H20N2O/c1-8(11)7-10(3)6-4-5-9-2/h8-9,11H,4-7H2,1-3H3/t8-/m0/s1. The molecule has 68 valence electrons. The molecule has 0 bridgehead atoms. The molecule has 0 saturated carbocycles. The van der Waals surface area contributed by atoms with Gasteiger partial charge in [0.2, 0.25) is 0 Å². The number of aliphatic hydroxyl groups excluding tert-OH is 1. The van der Waals surface area contributed by atoms with E-state index in [0.717, 1.165) is 26.1 Å². The van der Waals surface area contributed by atoms with Crippen LogP contribution in [0.15, 0.2) is 0 Å². The highest BCUT2D eigenvalue weighted by molar-refractivity contribution is 4.56. The molecule has 0 aromatic carbocycles. The lowest BCUT2D eigenvalue weighted by Gasteiger charge is -2.17. The van der Waals surface area contributed by atoms with Crippen LogP contribution in [0.2, 0.25) is 0 Å². The zero-order valence-electron chi connectivity index (χ0n) is 7.80. The normalized spacial score (nSPS) is 13.9. The van der Waals surface area contributed by atoms with E-state index in [0.29, 0.717) is 0 Å². The summed E-state index contributed by atoms with van der Waals surface area (Å²) in [4.78, 5) is 2.14. The fraction of sp³-hybridized carbons (Fsp3) is 1.00. The zero-order valence-corrected chi connectivity index (χ0v) is 7.80. The fourth-order valence-electron chi connectivity index (χ4n) is 1.07. The monoisotopic (exact) mass is 160 g/mol. The van der Waals surface area contributed by atoms with E-state index in [1.165, 1.54) is 0 Å². The van der Waals surface area contributed by atoms with Gasteiger partial charge in [-0.2, -0.15) is 0 Å². The summed E-state index contributed by atoms with van der Waals surface area (Å²) in [5.74, 6) is 0. The Morgan fingerprint density at radius 3 is 2.64 bits per heavy atom. The maximum Gasteiger partial charge on any atom is 0.0638 e. The Morgan fingerprint density at radius 1 is 1.55 bits per heavy atom. The molecule has 0 saturated heterocycles. The molecule has 3 nitrogen and oxygen atoms in total. The fourth-order valence-corrected chi connectivity index (χ4v) is 1.07. The summed E-state index contributed by atoms with van der Waals surface area (Å²) in [5.41, 5.74) is 0. The van der Waals surface area contributed by atoms with Crippen molar-refractivity contribution in [2.24, 2.45) is 0 Å². The maximum absolute atomic E-state index is 9.02. The summed E-state index contributed by atoms with van der Waals surface area (Å²) in [6.07, 6.45) is 0.925. The highest BCUT2D eigenvalue weighted by Gasteiger charge is 2.00. The van der Waals surface area contributed by atoms with Crippen molar-refractivity contribution in [2.45, 2.75) is 19.4 Å². The molecule has 0 rings (SSSR count). The van der Waals surface area contributed by atoms with E-state index in [-0.39, 0.29) is 6.10 Å². The Labute approximate surface area is 69.4 Å². The van der Waals surface area contributed by atoms with E-state index in [1.807, 2.05) is 21.0 Å². The van der Waals surface area contributed by atoms with Gasteiger partial charge in [0, 0.05) is 6.54 Å². The summed E-state index contributed by atoms with van der Waals surface area (Å²) >= 11 is 0. The van der Waals surface area contributed by atoms with E-state index in [9.17, 15) is 0 Å². The molecule has 0 aliphatic rings. The van der Waals surface area contributed by atoms with Gasteiger partial charge in [0.25, 0.3) is 0 Å². The lowest BCUT2D eigenvalue weighted by molar-refractivity contribution is 0.141. The topological polar surface area (TPSA) is 35.5 Å². The number of nitrogens with zero attached hydrogens (tertiary/aromatic N) is 1. The molecular formula is C8H20N2O. The largest absolute Gasteiger partial charge is 0.392 e. The van der Waals surface area contributed by atoms with Crippen LogP contribution in [-0.4, -0.2) is 49.8 Å². The third-order valence-electron chi connectivity index (χ3n) is 1.54. The van der Waals surface area contributed by atoms with E-state index in [2.05, 4.69) is 10.2 Å². The first-order valence-electron chi connectivity index (χ1n) is 4.18. The molecule has 0 aliphatic heterocycles. The minimum Gasteiger partial charge on any atom is -0.392 e. The molecular weight excluding hydrogens is 140 g/mol. The lowest BCUT2D eigenvalue weighted by atomic mass is 10.3. The second-order valence-electron chi connectivity index (χ2n) is 3.07. The van der Waals surface area contributed by atoms with Gasteiger partial charge in [-0.3, -0.25) is 0 Å². The van der Waals surface area contributed by atoms with Crippen molar-refractivity contribution < 1.29 is 5.11 Å². The molecule has 0 spiro atoms. The molecule has 0 heterocycles. The molecule has 0 unspecified atom stereocenters. The lowest BCUT2D eigenvalue weighted by Crippen LogP contribution is -2.29. The molecule has 3 heteroatoms. The molecule has 2 N–H and O–H groups in total. The summed E-state index contributed by atoms with van der Waals surface area (Å²) < 4.78 is 0. The molecule has 11 heavy (non-hydrogen) atoms. The van der Waals surface area contributed by atoms with Gasteiger partial charge in [-0.15, -0.1) is 0 Å². The highest BCUT2D eigenvalue weighted by Crippen LogP contribution is 1.89. The van der Waals surface area contributed by atoms with Crippen LogP contribution in [0.25, 0.3) is 0 Å². The van der Waals surface area contributed by atoms with Gasteiger partial charge in [0.05, 0.1) is 6.10 Å². The Morgan fingerprint density at radius 2 is 2.18 bits per heavy atom. The summed E-state index contributed by atoms with van der Waals surface area (Å²) in [7, 11) is 3.98. The first kappa shape index (κ1) is 10.9. The summed E-state index contributed by atoms with van der Waals surface area (Å²) in [6, 6.07) is 0. The zero-order chi connectivity index (χ0) is 8.69. The Bertz CT molecular complexity index is 86.2. The minimum atomic E-state index is -0.213. The number of nitrogens with one attached hydrogen (secondary N) is 1. The maximum atomic E-state index is 9.02. The van der Waals surface area contributed by atoms with Crippen LogP contribution in [-0.2, 0) is 0 Å². The average molecular weight is 160 g/mol. The second kappa shape index (κ2) is 6.58. The van der Waals surface area contributed by atoms with Crippen LogP contribution in [0.3, 0.4) is 0 Å². The molecule has 1 atom stereocenters. The third kappa shape index (κ3) is 7.78. The van der Waals surface area contributed by atoms with Crippen molar-refractivity contribution in [1.29, 1.82) is 0 Å². The summed E-state index contributed by atoms with van der Waals surface area (Å²) in [5, 5.41) is 12.1. The van der Waals surface area contributed by atoms with Crippen molar-refractivity contribution >= 4 is 0 Å². The molecule has 0 aromatic heterocycles. The van der Waals surface area contributed by atoms with E-state index >= 15 is 0 Å². The van der Waals surface area contributed by atoms with Gasteiger partial charge < -0.3 is 15.3 Å². The van der Waals surface area contributed by atoms with Crippen molar-refractivity contribution in [3.05, 3.63) is 0 Å². The third-order valence-corrected chi connectivity index (χ3v) is 1.54. The van der Waals surface area contributed by atoms with E-state index in [1.54, 1.807) is 0 Å². The van der Waals surface area contributed by atoms with Crippen LogP contribution < -0.4 is 5.32 Å². The van der Waals surface area contributed by atoms with Crippen molar-refractivity contribution in [1.82, 2.24) is 10.2 Å². The number of hydrogen-bond donors (Lipinski definition) is 2. The SMILES string of the molecule is CNCCCN(C)C[C@H](C)O. The predicted octanol–water partition coefficient (Wildman–Crippen LogP) is -0.0915. The Hall–Kier alpha value is -0.120. The quantitative estimate of drug-likeness (QED) is 0.533. The van der Waals surface area contributed by atoms with E-state index < -0.39 is 0 Å². The van der Waals surface area contributed by atoms with Crippen LogP contribution in [0.4, 0.5) is 0 Å². The Kier molecular flexibility index (Phi) is 6.51. The summed E-state index contributed by atoms with van der Waals surface area (Å²) in [6.45, 7) is 4.67. The van der Waals surface area contributed by atoms with Crippen molar-refractivity contribution in [2.75, 3.05) is 33.7 Å². The number of aliphatic hydroxyl groups is 1. The highest BCUT2D eigenvalue weighted by atomic mass is 16.3. The van der Waals surface area contributed by atoms with Gasteiger partial charge in [-0.1, -0.05) is 0 Å². The van der Waals surface area contributed by atoms with Crippen LogP contribution in [0, 0.1) is 0 Å². The molecule has 0 aliphatic carbocycles. The minimum absolute atomic E-state index is 0.213. The number of rotatable bonds is 6. The van der Waals surface area contributed by atoms with Gasteiger partial charge in [-0.25, -0.2) is 0 Å². The first-order chi connectivity index (χ1) is 5.16.